The minimum absolute atomic E-state index is 0.0520. The molecule has 0 radical (unpaired) electrons. The van der Waals surface area contributed by atoms with Crippen LogP contribution in [0.5, 0.6) is 0 Å². The first kappa shape index (κ1) is 14.7. The van der Waals surface area contributed by atoms with Crippen LogP contribution in [0.25, 0.3) is 0 Å². The molecule has 18 heavy (non-hydrogen) atoms. The minimum Gasteiger partial charge on any atom is -0.481 e. The molecule has 1 aliphatic rings. The summed E-state index contributed by atoms with van der Waals surface area (Å²) in [6.07, 6.45) is 4.14. The summed E-state index contributed by atoms with van der Waals surface area (Å²) in [4.78, 5) is 35.8. The lowest BCUT2D eigenvalue weighted by atomic mass is 9.97. The molecule has 1 atom stereocenters. The number of carbonyl (C=O) groups excluding carboxylic acids is 2. The number of aliphatic carboxylic acids is 1. The highest BCUT2D eigenvalue weighted by Gasteiger charge is 2.30. The zero-order valence-corrected chi connectivity index (χ0v) is 10.9. The van der Waals surface area contributed by atoms with Crippen LogP contribution in [0.3, 0.4) is 0 Å². The van der Waals surface area contributed by atoms with E-state index < -0.39 is 11.9 Å². The Labute approximate surface area is 107 Å². The number of hydrogen-bond donors (Lipinski definition) is 1. The van der Waals surface area contributed by atoms with Crippen molar-refractivity contribution in [1.29, 1.82) is 0 Å². The quantitative estimate of drug-likeness (QED) is 0.731. The lowest BCUT2D eigenvalue weighted by Crippen LogP contribution is -2.46. The highest BCUT2D eigenvalue weighted by Crippen LogP contribution is 2.21. The maximum Gasteiger partial charge on any atom is 0.303 e. The van der Waals surface area contributed by atoms with E-state index in [0.29, 0.717) is 19.4 Å². The van der Waals surface area contributed by atoms with Crippen molar-refractivity contribution in [3.8, 4) is 0 Å². The fourth-order valence-corrected chi connectivity index (χ4v) is 2.35. The number of carboxylic acids is 1. The van der Waals surface area contributed by atoms with E-state index in [1.54, 1.807) is 4.90 Å². The standard InChI is InChI=1S/C13H21NO4/c1-2-5-11(15)13(18)14-9-4-3-6-10(14)7-8-12(16)17/h10H,2-9H2,1H3,(H,16,17). The summed E-state index contributed by atoms with van der Waals surface area (Å²) in [5.74, 6) is -1.63. The van der Waals surface area contributed by atoms with Gasteiger partial charge in [0.2, 0.25) is 5.78 Å². The van der Waals surface area contributed by atoms with Crippen LogP contribution in [-0.4, -0.2) is 40.3 Å². The molecule has 5 heteroatoms. The van der Waals surface area contributed by atoms with Gasteiger partial charge in [-0.05, 0) is 32.1 Å². The van der Waals surface area contributed by atoms with Gasteiger partial charge in [-0.3, -0.25) is 14.4 Å². The summed E-state index contributed by atoms with van der Waals surface area (Å²) < 4.78 is 0. The third-order valence-corrected chi connectivity index (χ3v) is 3.30. The maximum absolute atomic E-state index is 12.0. The van der Waals surface area contributed by atoms with Crippen LogP contribution >= 0.6 is 0 Å². The summed E-state index contributed by atoms with van der Waals surface area (Å²) in [5, 5.41) is 8.69. The summed E-state index contributed by atoms with van der Waals surface area (Å²) in [5.41, 5.74) is 0. The first-order valence-corrected chi connectivity index (χ1v) is 6.61. The molecule has 1 amide bonds. The Morgan fingerprint density at radius 3 is 2.56 bits per heavy atom. The molecule has 0 aliphatic carbocycles. The number of carboxylic acid groups (broad SMARTS) is 1. The number of amides is 1. The fourth-order valence-electron chi connectivity index (χ4n) is 2.35. The van der Waals surface area contributed by atoms with Crippen molar-refractivity contribution in [2.45, 2.75) is 57.9 Å². The molecule has 1 rings (SSSR count). The van der Waals surface area contributed by atoms with E-state index in [1.807, 2.05) is 6.92 Å². The average molecular weight is 255 g/mol. The summed E-state index contributed by atoms with van der Waals surface area (Å²) in [6.45, 7) is 2.45. The minimum atomic E-state index is -0.854. The number of ketones is 1. The molecule has 1 unspecified atom stereocenters. The van der Waals surface area contributed by atoms with Gasteiger partial charge in [0.1, 0.15) is 0 Å². The first-order chi connectivity index (χ1) is 8.56. The van der Waals surface area contributed by atoms with Crippen LogP contribution in [0, 0.1) is 0 Å². The van der Waals surface area contributed by atoms with Gasteiger partial charge in [-0.15, -0.1) is 0 Å². The monoisotopic (exact) mass is 255 g/mol. The number of carbonyl (C=O) groups is 3. The normalized spacial score (nSPS) is 19.6. The lowest BCUT2D eigenvalue weighted by Gasteiger charge is -2.35. The highest BCUT2D eigenvalue weighted by atomic mass is 16.4. The average Bonchev–Trinajstić information content (AvgIpc) is 2.36. The molecule has 1 fully saturated rings. The van der Waals surface area contributed by atoms with Crippen molar-refractivity contribution >= 4 is 17.7 Å². The largest absolute Gasteiger partial charge is 0.481 e. The third-order valence-electron chi connectivity index (χ3n) is 3.30. The van der Waals surface area contributed by atoms with Gasteiger partial charge in [0.25, 0.3) is 5.91 Å². The van der Waals surface area contributed by atoms with Crippen LogP contribution in [0.1, 0.15) is 51.9 Å². The van der Waals surface area contributed by atoms with Crippen LogP contribution in [0.2, 0.25) is 0 Å². The SMILES string of the molecule is CCCC(=O)C(=O)N1CCCCC1CCC(=O)O. The van der Waals surface area contributed by atoms with Gasteiger partial charge in [0.05, 0.1) is 0 Å². The predicted octanol–water partition coefficient (Wildman–Crippen LogP) is 1.60. The van der Waals surface area contributed by atoms with Crippen molar-refractivity contribution < 1.29 is 19.5 Å². The zero-order valence-electron chi connectivity index (χ0n) is 10.9. The van der Waals surface area contributed by atoms with E-state index in [2.05, 4.69) is 0 Å². The zero-order chi connectivity index (χ0) is 13.5. The number of nitrogens with zero attached hydrogens (tertiary/aromatic N) is 1. The smallest absolute Gasteiger partial charge is 0.303 e. The van der Waals surface area contributed by atoms with Crippen molar-refractivity contribution in [1.82, 2.24) is 4.90 Å². The van der Waals surface area contributed by atoms with Gasteiger partial charge >= 0.3 is 5.97 Å². The molecular formula is C13H21NO4. The van der Waals surface area contributed by atoms with Gasteiger partial charge in [-0.1, -0.05) is 6.92 Å². The number of piperidine rings is 1. The van der Waals surface area contributed by atoms with Crippen LogP contribution < -0.4 is 0 Å². The Bertz CT molecular complexity index is 327. The maximum atomic E-state index is 12.0. The van der Waals surface area contributed by atoms with Crippen molar-refractivity contribution in [2.75, 3.05) is 6.54 Å². The molecule has 0 bridgehead atoms. The number of Topliss-reactive ketones (excluding diaryl/α,β-unsaturated/α-hetero) is 1. The molecule has 1 N–H and O–H groups in total. The summed E-state index contributed by atoms with van der Waals surface area (Å²) in [7, 11) is 0. The van der Waals surface area contributed by atoms with E-state index >= 15 is 0 Å². The van der Waals surface area contributed by atoms with Gasteiger partial charge in [0.15, 0.2) is 0 Å². The van der Waals surface area contributed by atoms with Crippen molar-refractivity contribution in [3.63, 3.8) is 0 Å². The van der Waals surface area contributed by atoms with Gasteiger partial charge in [0, 0.05) is 25.4 Å². The Morgan fingerprint density at radius 1 is 1.22 bits per heavy atom. The molecule has 0 aromatic carbocycles. The lowest BCUT2D eigenvalue weighted by molar-refractivity contribution is -0.148. The van der Waals surface area contributed by atoms with Gasteiger partial charge < -0.3 is 10.0 Å². The van der Waals surface area contributed by atoms with Crippen molar-refractivity contribution in [3.05, 3.63) is 0 Å². The van der Waals surface area contributed by atoms with E-state index in [0.717, 1.165) is 19.3 Å². The second-order valence-corrected chi connectivity index (χ2v) is 4.75. The third kappa shape index (κ3) is 4.13. The molecule has 5 nitrogen and oxygen atoms in total. The Balaban J connectivity index is 2.60. The molecule has 0 saturated carbocycles. The van der Waals surface area contributed by atoms with Crippen LogP contribution in [0.15, 0.2) is 0 Å². The van der Waals surface area contributed by atoms with Crippen LogP contribution in [-0.2, 0) is 14.4 Å². The second-order valence-electron chi connectivity index (χ2n) is 4.75. The van der Waals surface area contributed by atoms with E-state index in [1.165, 1.54) is 0 Å². The van der Waals surface area contributed by atoms with E-state index in [-0.39, 0.29) is 24.7 Å². The predicted molar refractivity (Wildman–Crippen MR) is 66.1 cm³/mol. The Hall–Kier alpha value is -1.39. The molecular weight excluding hydrogens is 234 g/mol. The highest BCUT2D eigenvalue weighted by molar-refractivity contribution is 6.36. The van der Waals surface area contributed by atoms with Gasteiger partial charge in [-0.25, -0.2) is 0 Å². The number of rotatable bonds is 6. The van der Waals surface area contributed by atoms with E-state index in [4.69, 9.17) is 5.11 Å². The number of hydrogen-bond acceptors (Lipinski definition) is 3. The Morgan fingerprint density at radius 2 is 1.94 bits per heavy atom. The molecule has 0 spiro atoms. The molecule has 1 saturated heterocycles. The Kier molecular flexibility index (Phi) is 5.82. The molecule has 1 aliphatic heterocycles. The summed E-state index contributed by atoms with van der Waals surface area (Å²) in [6, 6.07) is -0.0804. The van der Waals surface area contributed by atoms with Crippen LogP contribution in [0.4, 0.5) is 0 Å². The molecule has 0 aromatic heterocycles. The van der Waals surface area contributed by atoms with Gasteiger partial charge in [-0.2, -0.15) is 0 Å². The topological polar surface area (TPSA) is 74.7 Å². The summed E-state index contributed by atoms with van der Waals surface area (Å²) >= 11 is 0. The molecule has 1 heterocycles. The van der Waals surface area contributed by atoms with E-state index in [9.17, 15) is 14.4 Å². The van der Waals surface area contributed by atoms with Crippen molar-refractivity contribution in [2.24, 2.45) is 0 Å². The second kappa shape index (κ2) is 7.13. The number of likely N-dealkylation sites (tertiary alicyclic amines) is 1. The molecule has 0 aromatic rings. The molecule has 102 valence electrons. The first-order valence-electron chi connectivity index (χ1n) is 6.61. The fraction of sp³-hybridized carbons (Fsp3) is 0.769.